The first kappa shape index (κ1) is 21.7. The standard InChI is InChI=1S/C21H18N2O5S/c1-14-11-17(29-13-22)8-9-18(14)23-19(24)12-28-20(25)10-5-15-3-6-16(7-4-15)21(26)27-2/h3-11H,12H2,1-2H3,(H,23,24)/b10-5+. The van der Waals surface area contributed by atoms with Crippen molar-refractivity contribution in [3.8, 4) is 5.40 Å². The summed E-state index contributed by atoms with van der Waals surface area (Å²) in [5.74, 6) is -1.59. The van der Waals surface area contributed by atoms with Crippen molar-refractivity contribution >= 4 is 41.4 Å². The highest BCUT2D eigenvalue weighted by atomic mass is 32.2. The first-order valence-electron chi connectivity index (χ1n) is 8.42. The Bertz CT molecular complexity index is 978. The van der Waals surface area contributed by atoms with Crippen molar-refractivity contribution in [3.63, 3.8) is 0 Å². The Morgan fingerprint density at radius 2 is 1.90 bits per heavy atom. The van der Waals surface area contributed by atoms with Crippen LogP contribution in [0.25, 0.3) is 6.08 Å². The summed E-state index contributed by atoms with van der Waals surface area (Å²) in [7, 11) is 1.30. The lowest BCUT2D eigenvalue weighted by molar-refractivity contribution is -0.142. The average Bonchev–Trinajstić information content (AvgIpc) is 2.72. The summed E-state index contributed by atoms with van der Waals surface area (Å²) in [5.41, 5.74) is 2.46. The minimum atomic E-state index is -0.672. The zero-order chi connectivity index (χ0) is 21.2. The number of benzene rings is 2. The highest BCUT2D eigenvalue weighted by Gasteiger charge is 2.08. The molecule has 2 aromatic rings. The van der Waals surface area contributed by atoms with Gasteiger partial charge in [-0.25, -0.2) is 9.59 Å². The molecule has 0 unspecified atom stereocenters. The zero-order valence-electron chi connectivity index (χ0n) is 15.8. The molecule has 148 valence electrons. The van der Waals surface area contributed by atoms with Crippen LogP contribution >= 0.6 is 11.8 Å². The number of esters is 2. The normalized spacial score (nSPS) is 10.2. The van der Waals surface area contributed by atoms with Gasteiger partial charge in [-0.3, -0.25) is 4.79 Å². The summed E-state index contributed by atoms with van der Waals surface area (Å²) >= 11 is 1.03. The Kier molecular flexibility index (Phi) is 8.00. The second-order valence-electron chi connectivity index (χ2n) is 5.77. The van der Waals surface area contributed by atoms with Gasteiger partial charge in [-0.05, 0) is 66.2 Å². The van der Waals surface area contributed by atoms with Crippen molar-refractivity contribution in [2.45, 2.75) is 11.8 Å². The number of anilines is 1. The number of rotatable bonds is 7. The lowest BCUT2D eigenvalue weighted by Gasteiger charge is -2.09. The van der Waals surface area contributed by atoms with Crippen molar-refractivity contribution in [2.75, 3.05) is 19.0 Å². The van der Waals surface area contributed by atoms with Crippen molar-refractivity contribution in [3.05, 3.63) is 65.2 Å². The van der Waals surface area contributed by atoms with E-state index in [0.717, 1.165) is 22.2 Å². The molecule has 8 heteroatoms. The number of nitriles is 1. The zero-order valence-corrected chi connectivity index (χ0v) is 16.6. The topological polar surface area (TPSA) is 105 Å². The van der Waals surface area contributed by atoms with Crippen LogP contribution in [0.1, 0.15) is 21.5 Å². The van der Waals surface area contributed by atoms with Crippen LogP contribution in [0.15, 0.2) is 53.4 Å². The molecule has 1 N–H and O–H groups in total. The number of amides is 1. The number of hydrogen-bond acceptors (Lipinski definition) is 7. The maximum absolute atomic E-state index is 12.0. The fourth-order valence-electron chi connectivity index (χ4n) is 2.28. The molecule has 2 rings (SSSR count). The number of nitrogens with zero attached hydrogens (tertiary/aromatic N) is 1. The van der Waals surface area contributed by atoms with Crippen LogP contribution in [0, 0.1) is 17.6 Å². The number of aryl methyl sites for hydroxylation is 1. The van der Waals surface area contributed by atoms with Crippen LogP contribution in [0.2, 0.25) is 0 Å². The van der Waals surface area contributed by atoms with E-state index >= 15 is 0 Å². The van der Waals surface area contributed by atoms with Gasteiger partial charge in [-0.2, -0.15) is 5.26 Å². The van der Waals surface area contributed by atoms with E-state index in [2.05, 4.69) is 10.1 Å². The molecule has 0 aliphatic rings. The molecule has 0 spiro atoms. The van der Waals surface area contributed by atoms with E-state index in [1.54, 1.807) is 49.4 Å². The van der Waals surface area contributed by atoms with Gasteiger partial charge in [0.15, 0.2) is 6.61 Å². The Labute approximate surface area is 172 Å². The molecule has 0 aliphatic carbocycles. The van der Waals surface area contributed by atoms with E-state index in [0.29, 0.717) is 16.8 Å². The number of nitrogens with one attached hydrogen (secondary N) is 1. The fourth-order valence-corrected chi connectivity index (χ4v) is 2.75. The van der Waals surface area contributed by atoms with Crippen LogP contribution in [0.5, 0.6) is 0 Å². The Balaban J connectivity index is 1.84. The van der Waals surface area contributed by atoms with E-state index in [-0.39, 0.29) is 0 Å². The summed E-state index contributed by atoms with van der Waals surface area (Å²) in [4.78, 5) is 35.9. The molecule has 0 fully saturated rings. The van der Waals surface area contributed by atoms with Crippen LogP contribution in [-0.4, -0.2) is 31.6 Å². The Hall–Kier alpha value is -3.57. The first-order valence-corrected chi connectivity index (χ1v) is 9.24. The van der Waals surface area contributed by atoms with Crippen LogP contribution in [0.3, 0.4) is 0 Å². The summed E-state index contributed by atoms with van der Waals surface area (Å²) < 4.78 is 9.53. The highest BCUT2D eigenvalue weighted by Crippen LogP contribution is 2.23. The molecular formula is C21H18N2O5S. The second kappa shape index (κ2) is 10.7. The maximum Gasteiger partial charge on any atom is 0.337 e. The third-order valence-electron chi connectivity index (χ3n) is 3.72. The highest BCUT2D eigenvalue weighted by molar-refractivity contribution is 8.03. The van der Waals surface area contributed by atoms with E-state index in [1.807, 2.05) is 5.40 Å². The van der Waals surface area contributed by atoms with Gasteiger partial charge in [-0.1, -0.05) is 12.1 Å². The van der Waals surface area contributed by atoms with E-state index in [1.165, 1.54) is 19.3 Å². The maximum atomic E-state index is 12.0. The molecule has 1 amide bonds. The molecule has 0 aliphatic heterocycles. The van der Waals surface area contributed by atoms with Crippen molar-refractivity contribution in [2.24, 2.45) is 0 Å². The Morgan fingerprint density at radius 1 is 1.17 bits per heavy atom. The summed E-state index contributed by atoms with van der Waals surface area (Å²) in [6.07, 6.45) is 2.70. The van der Waals surface area contributed by atoms with Crippen LogP contribution < -0.4 is 5.32 Å². The number of ether oxygens (including phenoxy) is 2. The molecule has 0 radical (unpaired) electrons. The van der Waals surface area contributed by atoms with Gasteiger partial charge in [-0.15, -0.1) is 0 Å². The SMILES string of the molecule is COC(=O)c1ccc(/C=C/C(=O)OCC(=O)Nc2ccc(SC#N)cc2C)cc1. The minimum Gasteiger partial charge on any atom is -0.465 e. The number of hydrogen-bond donors (Lipinski definition) is 1. The summed E-state index contributed by atoms with van der Waals surface area (Å²) in [6.45, 7) is 1.37. The van der Waals surface area contributed by atoms with Crippen LogP contribution in [0.4, 0.5) is 5.69 Å². The first-order chi connectivity index (χ1) is 13.9. The lowest BCUT2D eigenvalue weighted by Crippen LogP contribution is -2.20. The van der Waals surface area contributed by atoms with Gasteiger partial charge < -0.3 is 14.8 Å². The van der Waals surface area contributed by atoms with Gasteiger partial charge in [0, 0.05) is 16.7 Å². The number of carbonyl (C=O) groups excluding carboxylic acids is 3. The quantitative estimate of drug-likeness (QED) is 0.322. The molecule has 29 heavy (non-hydrogen) atoms. The molecule has 0 saturated heterocycles. The van der Waals surface area contributed by atoms with Crippen molar-refractivity contribution < 1.29 is 23.9 Å². The number of methoxy groups -OCH3 is 1. The molecule has 0 heterocycles. The predicted molar refractivity (Wildman–Crippen MR) is 109 cm³/mol. The molecule has 0 atom stereocenters. The molecule has 0 aromatic heterocycles. The van der Waals surface area contributed by atoms with Gasteiger partial charge in [0.1, 0.15) is 5.40 Å². The number of carbonyl (C=O) groups is 3. The van der Waals surface area contributed by atoms with E-state index < -0.39 is 24.5 Å². The van der Waals surface area contributed by atoms with Gasteiger partial charge in [0.25, 0.3) is 5.91 Å². The van der Waals surface area contributed by atoms with Crippen LogP contribution in [-0.2, 0) is 19.1 Å². The average molecular weight is 410 g/mol. The molecule has 2 aromatic carbocycles. The largest absolute Gasteiger partial charge is 0.465 e. The number of thiocyanates is 1. The molecular weight excluding hydrogens is 392 g/mol. The summed E-state index contributed by atoms with van der Waals surface area (Å²) in [6, 6.07) is 11.6. The van der Waals surface area contributed by atoms with Crippen molar-refractivity contribution in [1.29, 1.82) is 5.26 Å². The number of thioether (sulfide) groups is 1. The van der Waals surface area contributed by atoms with E-state index in [4.69, 9.17) is 10.00 Å². The van der Waals surface area contributed by atoms with Gasteiger partial charge in [0.2, 0.25) is 0 Å². The predicted octanol–water partition coefficient (Wildman–Crippen LogP) is 3.55. The molecule has 7 nitrogen and oxygen atoms in total. The smallest absolute Gasteiger partial charge is 0.337 e. The molecule has 0 saturated carbocycles. The van der Waals surface area contributed by atoms with Gasteiger partial charge in [0.05, 0.1) is 12.7 Å². The molecule has 0 bridgehead atoms. The summed E-state index contributed by atoms with van der Waals surface area (Å²) in [5, 5.41) is 13.3. The third-order valence-corrected chi connectivity index (χ3v) is 4.31. The van der Waals surface area contributed by atoms with E-state index in [9.17, 15) is 14.4 Å². The third kappa shape index (κ3) is 6.83. The van der Waals surface area contributed by atoms with Crippen molar-refractivity contribution in [1.82, 2.24) is 0 Å². The van der Waals surface area contributed by atoms with Gasteiger partial charge >= 0.3 is 11.9 Å². The Morgan fingerprint density at radius 3 is 2.52 bits per heavy atom. The second-order valence-corrected chi connectivity index (χ2v) is 6.63. The monoisotopic (exact) mass is 410 g/mol. The lowest BCUT2D eigenvalue weighted by atomic mass is 10.1. The minimum absolute atomic E-state index is 0.401. The fraction of sp³-hybridized carbons (Fsp3) is 0.143.